The van der Waals surface area contributed by atoms with Gasteiger partial charge in [0.15, 0.2) is 5.96 Å². The highest BCUT2D eigenvalue weighted by Crippen LogP contribution is 2.21. The molecule has 0 radical (unpaired) electrons. The molecule has 0 atom stereocenters. The molecule has 7 heteroatoms. The smallest absolute Gasteiger partial charge is 0.341 e. The van der Waals surface area contributed by atoms with Gasteiger partial charge in [-0.2, -0.15) is 0 Å². The van der Waals surface area contributed by atoms with E-state index in [9.17, 15) is 4.79 Å². The number of guanidine groups is 1. The summed E-state index contributed by atoms with van der Waals surface area (Å²) in [5.74, 6) is 0.819. The highest BCUT2D eigenvalue weighted by molar-refractivity contribution is 14.0. The average Bonchev–Trinajstić information content (AvgIpc) is 2.52. The van der Waals surface area contributed by atoms with E-state index in [0.29, 0.717) is 17.9 Å². The second kappa shape index (κ2) is 11.1. The Labute approximate surface area is 148 Å². The van der Waals surface area contributed by atoms with Crippen molar-refractivity contribution in [3.63, 3.8) is 0 Å². The summed E-state index contributed by atoms with van der Waals surface area (Å²) in [7, 11) is 2.87. The summed E-state index contributed by atoms with van der Waals surface area (Å²) in [5.41, 5.74) is 1.31. The van der Waals surface area contributed by atoms with E-state index in [0.717, 1.165) is 24.6 Å². The average molecular weight is 421 g/mol. The van der Waals surface area contributed by atoms with Crippen LogP contribution >= 0.6 is 24.0 Å². The molecule has 0 saturated heterocycles. The first kappa shape index (κ1) is 20.5. The Kier molecular flexibility index (Phi) is 10.3. The van der Waals surface area contributed by atoms with Crippen LogP contribution in [0.4, 0.5) is 0 Å². The highest BCUT2D eigenvalue weighted by atomic mass is 127. The zero-order valence-electron chi connectivity index (χ0n) is 13.4. The van der Waals surface area contributed by atoms with Crippen LogP contribution in [0, 0.1) is 0 Å². The first-order valence-corrected chi connectivity index (χ1v) is 6.93. The highest BCUT2D eigenvalue weighted by Gasteiger charge is 2.13. The van der Waals surface area contributed by atoms with Gasteiger partial charge in [0.05, 0.1) is 20.8 Å². The van der Waals surface area contributed by atoms with Crippen molar-refractivity contribution in [1.29, 1.82) is 0 Å². The molecule has 0 bridgehead atoms. The molecule has 0 heterocycles. The molecular formula is C15H24IN3O3. The Balaban J connectivity index is 0.00000441. The molecule has 0 fully saturated rings. The summed E-state index contributed by atoms with van der Waals surface area (Å²) < 4.78 is 9.92. The Bertz CT molecular complexity index is 499. The van der Waals surface area contributed by atoms with Gasteiger partial charge in [-0.1, -0.05) is 6.07 Å². The molecule has 0 saturated carbocycles. The van der Waals surface area contributed by atoms with Crippen molar-refractivity contribution in [3.05, 3.63) is 29.3 Å². The molecular weight excluding hydrogens is 397 g/mol. The Morgan fingerprint density at radius 1 is 1.18 bits per heavy atom. The summed E-state index contributed by atoms with van der Waals surface area (Å²) >= 11 is 0. The molecule has 124 valence electrons. The number of methoxy groups -OCH3 is 2. The summed E-state index contributed by atoms with van der Waals surface area (Å²) in [6.07, 6.45) is 0. The van der Waals surface area contributed by atoms with Gasteiger partial charge in [-0.15, -0.1) is 24.0 Å². The monoisotopic (exact) mass is 421 g/mol. The molecule has 0 aliphatic rings. The van der Waals surface area contributed by atoms with E-state index >= 15 is 0 Å². The standard InChI is InChI=1S/C15H23N3O3.HI/c1-5-16-15(17-6-2)18-10-11-7-8-13(20-3)12(9-11)14(19)21-4;/h7-9H,5-6,10H2,1-4H3,(H2,16,17,18);1H. The zero-order valence-corrected chi connectivity index (χ0v) is 15.8. The van der Waals surface area contributed by atoms with E-state index in [1.165, 1.54) is 14.2 Å². The molecule has 6 nitrogen and oxygen atoms in total. The third-order valence-electron chi connectivity index (χ3n) is 2.78. The van der Waals surface area contributed by atoms with Crippen molar-refractivity contribution in [2.24, 2.45) is 4.99 Å². The largest absolute Gasteiger partial charge is 0.496 e. The quantitative estimate of drug-likeness (QED) is 0.319. The maximum Gasteiger partial charge on any atom is 0.341 e. The van der Waals surface area contributed by atoms with Crippen LogP contribution in [0.1, 0.15) is 29.8 Å². The molecule has 0 spiro atoms. The Morgan fingerprint density at radius 3 is 2.32 bits per heavy atom. The molecule has 2 N–H and O–H groups in total. The van der Waals surface area contributed by atoms with Gasteiger partial charge in [0, 0.05) is 13.1 Å². The summed E-state index contributed by atoms with van der Waals surface area (Å²) in [6, 6.07) is 5.37. The first-order chi connectivity index (χ1) is 10.2. The molecule has 0 unspecified atom stereocenters. The van der Waals surface area contributed by atoms with Gasteiger partial charge in [0.1, 0.15) is 11.3 Å². The van der Waals surface area contributed by atoms with Gasteiger partial charge in [0.2, 0.25) is 0 Å². The van der Waals surface area contributed by atoms with Gasteiger partial charge in [-0.3, -0.25) is 0 Å². The second-order valence-electron chi connectivity index (χ2n) is 4.25. The minimum atomic E-state index is -0.420. The fraction of sp³-hybridized carbons (Fsp3) is 0.467. The first-order valence-electron chi connectivity index (χ1n) is 6.93. The molecule has 1 aromatic rings. The summed E-state index contributed by atoms with van der Waals surface area (Å²) in [5, 5.41) is 6.29. The second-order valence-corrected chi connectivity index (χ2v) is 4.25. The van der Waals surface area contributed by atoms with E-state index in [4.69, 9.17) is 9.47 Å². The number of halogens is 1. The lowest BCUT2D eigenvalue weighted by atomic mass is 10.1. The van der Waals surface area contributed by atoms with Gasteiger partial charge in [-0.25, -0.2) is 9.79 Å². The number of rotatable bonds is 6. The van der Waals surface area contributed by atoms with Crippen LogP contribution in [0.15, 0.2) is 23.2 Å². The number of hydrogen-bond acceptors (Lipinski definition) is 4. The summed E-state index contributed by atoms with van der Waals surface area (Å²) in [6.45, 7) is 6.07. The van der Waals surface area contributed by atoms with Crippen LogP contribution in [0.5, 0.6) is 5.75 Å². The lowest BCUT2D eigenvalue weighted by molar-refractivity contribution is 0.0597. The lowest BCUT2D eigenvalue weighted by Crippen LogP contribution is -2.36. The van der Waals surface area contributed by atoms with Crippen LogP contribution in [0.2, 0.25) is 0 Å². The Morgan fingerprint density at radius 2 is 1.82 bits per heavy atom. The van der Waals surface area contributed by atoms with Crippen molar-refractivity contribution >= 4 is 35.9 Å². The number of ether oxygens (including phenoxy) is 2. The molecule has 0 aromatic heterocycles. The van der Waals surface area contributed by atoms with Crippen LogP contribution in [-0.4, -0.2) is 39.2 Å². The van der Waals surface area contributed by atoms with Gasteiger partial charge < -0.3 is 20.1 Å². The van der Waals surface area contributed by atoms with Crippen LogP contribution < -0.4 is 15.4 Å². The number of aliphatic imine (C=N–C) groups is 1. The van der Waals surface area contributed by atoms with Crippen LogP contribution in [0.25, 0.3) is 0 Å². The number of hydrogen-bond donors (Lipinski definition) is 2. The van der Waals surface area contributed by atoms with Crippen LogP contribution in [0.3, 0.4) is 0 Å². The van der Waals surface area contributed by atoms with Crippen molar-refractivity contribution in [2.75, 3.05) is 27.3 Å². The number of carbonyl (C=O) groups is 1. The minimum absolute atomic E-state index is 0. The fourth-order valence-corrected chi connectivity index (χ4v) is 1.80. The van der Waals surface area contributed by atoms with Crippen LogP contribution in [-0.2, 0) is 11.3 Å². The minimum Gasteiger partial charge on any atom is -0.496 e. The van der Waals surface area contributed by atoms with Gasteiger partial charge >= 0.3 is 5.97 Å². The topological polar surface area (TPSA) is 72.0 Å². The van der Waals surface area contributed by atoms with E-state index in [1.807, 2.05) is 19.9 Å². The third kappa shape index (κ3) is 6.08. The molecule has 0 aliphatic heterocycles. The maximum atomic E-state index is 11.7. The Hall–Kier alpha value is -1.51. The molecule has 0 aliphatic carbocycles. The molecule has 1 rings (SSSR count). The zero-order chi connectivity index (χ0) is 15.7. The molecule has 22 heavy (non-hydrogen) atoms. The maximum absolute atomic E-state index is 11.7. The summed E-state index contributed by atoms with van der Waals surface area (Å²) in [4.78, 5) is 16.2. The van der Waals surface area contributed by atoms with Crippen molar-refractivity contribution in [1.82, 2.24) is 10.6 Å². The number of carbonyl (C=O) groups excluding carboxylic acids is 1. The normalized spacial score (nSPS) is 9.27. The predicted molar refractivity (Wildman–Crippen MR) is 98.2 cm³/mol. The number of esters is 1. The fourth-order valence-electron chi connectivity index (χ4n) is 1.80. The van der Waals surface area contributed by atoms with Crippen molar-refractivity contribution < 1.29 is 14.3 Å². The van der Waals surface area contributed by atoms with Crippen molar-refractivity contribution in [3.8, 4) is 5.75 Å². The van der Waals surface area contributed by atoms with E-state index < -0.39 is 5.97 Å². The predicted octanol–water partition coefficient (Wildman–Crippen LogP) is 2.17. The number of benzene rings is 1. The van der Waals surface area contributed by atoms with Gasteiger partial charge in [-0.05, 0) is 31.5 Å². The van der Waals surface area contributed by atoms with E-state index in [1.54, 1.807) is 12.1 Å². The number of nitrogens with zero attached hydrogens (tertiary/aromatic N) is 1. The van der Waals surface area contributed by atoms with E-state index in [-0.39, 0.29) is 24.0 Å². The van der Waals surface area contributed by atoms with E-state index in [2.05, 4.69) is 15.6 Å². The SMILES string of the molecule is CCNC(=NCc1ccc(OC)c(C(=O)OC)c1)NCC.I. The third-order valence-corrected chi connectivity index (χ3v) is 2.78. The molecule has 1 aromatic carbocycles. The van der Waals surface area contributed by atoms with Gasteiger partial charge in [0.25, 0.3) is 0 Å². The lowest BCUT2D eigenvalue weighted by Gasteiger charge is -2.10. The van der Waals surface area contributed by atoms with Crippen molar-refractivity contribution in [2.45, 2.75) is 20.4 Å². The number of nitrogens with one attached hydrogen (secondary N) is 2. The molecule has 0 amide bonds.